The first-order chi connectivity index (χ1) is 10.1. The third-order valence-electron chi connectivity index (χ3n) is 3.84. The number of rotatable bonds is 4. The van der Waals surface area contributed by atoms with Crippen molar-refractivity contribution in [3.63, 3.8) is 0 Å². The van der Waals surface area contributed by atoms with Gasteiger partial charge >= 0.3 is 12.0 Å². The molecule has 1 aliphatic heterocycles. The molecule has 0 bridgehead atoms. The average Bonchev–Trinajstić information content (AvgIpc) is 2.49. The highest BCUT2D eigenvalue weighted by Gasteiger charge is 2.28. The van der Waals surface area contributed by atoms with Crippen molar-refractivity contribution in [2.75, 3.05) is 18.4 Å². The van der Waals surface area contributed by atoms with Crippen LogP contribution in [0.15, 0.2) is 24.3 Å². The van der Waals surface area contributed by atoms with Crippen LogP contribution in [0.2, 0.25) is 0 Å². The third-order valence-corrected chi connectivity index (χ3v) is 3.84. The Hall–Kier alpha value is -2.04. The summed E-state index contributed by atoms with van der Waals surface area (Å²) in [4.78, 5) is 25.0. The summed E-state index contributed by atoms with van der Waals surface area (Å²) >= 11 is 0. The van der Waals surface area contributed by atoms with E-state index in [4.69, 9.17) is 5.11 Å². The van der Waals surface area contributed by atoms with Gasteiger partial charge < -0.3 is 15.3 Å². The van der Waals surface area contributed by atoms with Gasteiger partial charge in [0, 0.05) is 18.8 Å². The summed E-state index contributed by atoms with van der Waals surface area (Å²) in [6.45, 7) is 3.00. The largest absolute Gasteiger partial charge is 0.481 e. The topological polar surface area (TPSA) is 69.6 Å². The molecule has 2 N–H and O–H groups in total. The van der Waals surface area contributed by atoms with Crippen LogP contribution >= 0.6 is 0 Å². The van der Waals surface area contributed by atoms with E-state index in [9.17, 15) is 9.59 Å². The molecule has 5 heteroatoms. The molecular weight excluding hydrogens is 268 g/mol. The van der Waals surface area contributed by atoms with E-state index < -0.39 is 11.9 Å². The summed E-state index contributed by atoms with van der Waals surface area (Å²) < 4.78 is 0. The summed E-state index contributed by atoms with van der Waals surface area (Å²) in [5.41, 5.74) is 1.93. The fourth-order valence-corrected chi connectivity index (χ4v) is 2.69. The Morgan fingerprint density at radius 2 is 2.14 bits per heavy atom. The molecule has 1 aromatic carbocycles. The second-order valence-electron chi connectivity index (χ2n) is 5.46. The predicted octanol–water partition coefficient (Wildman–Crippen LogP) is 2.97. The molecule has 0 aromatic heterocycles. The minimum absolute atomic E-state index is 0.204. The first kappa shape index (κ1) is 15.4. The molecule has 2 rings (SSSR count). The molecule has 21 heavy (non-hydrogen) atoms. The van der Waals surface area contributed by atoms with Gasteiger partial charge in [0.15, 0.2) is 0 Å². The summed E-state index contributed by atoms with van der Waals surface area (Å²) in [7, 11) is 0. The number of para-hydroxylation sites is 1. The molecule has 2 amide bonds. The van der Waals surface area contributed by atoms with Gasteiger partial charge in [0.1, 0.15) is 0 Å². The van der Waals surface area contributed by atoms with Crippen LogP contribution < -0.4 is 5.32 Å². The lowest BCUT2D eigenvalue weighted by Gasteiger charge is -2.31. The summed E-state index contributed by atoms with van der Waals surface area (Å²) in [5, 5.41) is 12.0. The smallest absolute Gasteiger partial charge is 0.321 e. The minimum atomic E-state index is -0.820. The van der Waals surface area contributed by atoms with Crippen molar-refractivity contribution in [2.45, 2.75) is 32.6 Å². The van der Waals surface area contributed by atoms with E-state index in [2.05, 4.69) is 12.2 Å². The Bertz CT molecular complexity index is 516. The number of urea groups is 1. The molecule has 0 radical (unpaired) electrons. The zero-order valence-corrected chi connectivity index (χ0v) is 12.3. The molecule has 0 spiro atoms. The fourth-order valence-electron chi connectivity index (χ4n) is 2.69. The van der Waals surface area contributed by atoms with Crippen molar-refractivity contribution < 1.29 is 14.7 Å². The van der Waals surface area contributed by atoms with Crippen molar-refractivity contribution in [1.82, 2.24) is 4.90 Å². The van der Waals surface area contributed by atoms with Gasteiger partial charge in [0.25, 0.3) is 0 Å². The number of hydrogen-bond donors (Lipinski definition) is 2. The Morgan fingerprint density at radius 1 is 1.38 bits per heavy atom. The number of piperidine rings is 1. The van der Waals surface area contributed by atoms with Crippen molar-refractivity contribution in [3.8, 4) is 0 Å². The number of amides is 2. The Balaban J connectivity index is 2.02. The molecule has 1 heterocycles. The number of nitrogens with zero attached hydrogens (tertiary/aromatic N) is 1. The van der Waals surface area contributed by atoms with Gasteiger partial charge in [0.2, 0.25) is 0 Å². The highest BCUT2D eigenvalue weighted by Crippen LogP contribution is 2.20. The Labute approximate surface area is 125 Å². The highest BCUT2D eigenvalue weighted by molar-refractivity contribution is 5.90. The van der Waals surface area contributed by atoms with Crippen molar-refractivity contribution in [2.24, 2.45) is 5.92 Å². The number of carboxylic acid groups (broad SMARTS) is 1. The lowest BCUT2D eigenvalue weighted by atomic mass is 9.99. The minimum Gasteiger partial charge on any atom is -0.481 e. The predicted molar refractivity (Wildman–Crippen MR) is 81.4 cm³/mol. The Kier molecular flexibility index (Phi) is 5.20. The van der Waals surface area contributed by atoms with Gasteiger partial charge in [-0.2, -0.15) is 0 Å². The first-order valence-electron chi connectivity index (χ1n) is 7.48. The molecule has 1 atom stereocenters. The molecule has 114 valence electrons. The lowest BCUT2D eigenvalue weighted by Crippen LogP contribution is -2.44. The number of nitrogens with one attached hydrogen (secondary N) is 1. The SMILES string of the molecule is CCCc1ccccc1NC(=O)N1CCC[C@@H](C(=O)O)C1. The van der Waals surface area contributed by atoms with Crippen LogP contribution in [0.25, 0.3) is 0 Å². The lowest BCUT2D eigenvalue weighted by molar-refractivity contribution is -0.143. The highest BCUT2D eigenvalue weighted by atomic mass is 16.4. The van der Waals surface area contributed by atoms with Gasteiger partial charge in [-0.15, -0.1) is 0 Å². The van der Waals surface area contributed by atoms with Crippen LogP contribution in [0.5, 0.6) is 0 Å². The fraction of sp³-hybridized carbons (Fsp3) is 0.500. The average molecular weight is 290 g/mol. The first-order valence-corrected chi connectivity index (χ1v) is 7.48. The maximum Gasteiger partial charge on any atom is 0.321 e. The number of anilines is 1. The molecule has 1 aromatic rings. The summed E-state index contributed by atoms with van der Waals surface area (Å²) in [6.07, 6.45) is 3.30. The van der Waals surface area contributed by atoms with Gasteiger partial charge in [0.05, 0.1) is 5.92 Å². The zero-order valence-electron chi connectivity index (χ0n) is 12.3. The molecule has 1 fully saturated rings. The van der Waals surface area contributed by atoms with E-state index in [1.807, 2.05) is 24.3 Å². The Morgan fingerprint density at radius 3 is 2.86 bits per heavy atom. The van der Waals surface area contributed by atoms with Gasteiger partial charge in [-0.25, -0.2) is 4.79 Å². The number of aliphatic carboxylic acids is 1. The van der Waals surface area contributed by atoms with Crippen LogP contribution in [0.3, 0.4) is 0 Å². The van der Waals surface area contributed by atoms with Crippen LogP contribution in [0, 0.1) is 5.92 Å². The second kappa shape index (κ2) is 7.11. The van der Waals surface area contributed by atoms with Crippen molar-refractivity contribution >= 4 is 17.7 Å². The van der Waals surface area contributed by atoms with Gasteiger partial charge in [-0.1, -0.05) is 31.5 Å². The molecule has 1 aliphatic rings. The van der Waals surface area contributed by atoms with E-state index >= 15 is 0 Å². The number of carboxylic acids is 1. The number of benzene rings is 1. The normalized spacial score (nSPS) is 18.3. The number of carbonyl (C=O) groups excluding carboxylic acids is 1. The van der Waals surface area contributed by atoms with Crippen LogP contribution in [0.4, 0.5) is 10.5 Å². The number of likely N-dealkylation sites (tertiary alicyclic amines) is 1. The molecule has 5 nitrogen and oxygen atoms in total. The monoisotopic (exact) mass is 290 g/mol. The molecular formula is C16H22N2O3. The number of aryl methyl sites for hydroxylation is 1. The number of hydrogen-bond acceptors (Lipinski definition) is 2. The van der Waals surface area contributed by atoms with E-state index in [-0.39, 0.29) is 12.6 Å². The van der Waals surface area contributed by atoms with Crippen LogP contribution in [-0.4, -0.2) is 35.1 Å². The third kappa shape index (κ3) is 3.97. The molecule has 1 saturated heterocycles. The maximum atomic E-state index is 12.3. The quantitative estimate of drug-likeness (QED) is 0.895. The molecule has 0 unspecified atom stereocenters. The van der Waals surface area contributed by atoms with Crippen molar-refractivity contribution in [1.29, 1.82) is 0 Å². The summed E-state index contributed by atoms with van der Waals surface area (Å²) in [6, 6.07) is 7.55. The van der Waals surface area contributed by atoms with E-state index in [0.29, 0.717) is 13.0 Å². The van der Waals surface area contributed by atoms with Gasteiger partial charge in [-0.3, -0.25) is 4.79 Å². The second-order valence-corrected chi connectivity index (χ2v) is 5.46. The summed E-state index contributed by atoms with van der Waals surface area (Å²) in [5.74, 6) is -1.27. The van der Waals surface area contributed by atoms with Crippen molar-refractivity contribution in [3.05, 3.63) is 29.8 Å². The van der Waals surface area contributed by atoms with Crippen LogP contribution in [-0.2, 0) is 11.2 Å². The molecule has 0 aliphatic carbocycles. The van der Waals surface area contributed by atoms with Crippen LogP contribution in [0.1, 0.15) is 31.7 Å². The van der Waals surface area contributed by atoms with E-state index in [1.54, 1.807) is 4.90 Å². The van der Waals surface area contributed by atoms with E-state index in [0.717, 1.165) is 30.5 Å². The van der Waals surface area contributed by atoms with E-state index in [1.165, 1.54) is 0 Å². The molecule has 0 saturated carbocycles. The standard InChI is InChI=1S/C16H22N2O3/c1-2-6-12-7-3-4-9-14(12)17-16(21)18-10-5-8-13(11-18)15(19)20/h3-4,7,9,13H,2,5-6,8,10-11H2,1H3,(H,17,21)(H,19,20)/t13-/m1/s1. The van der Waals surface area contributed by atoms with Gasteiger partial charge in [-0.05, 0) is 30.9 Å². The zero-order chi connectivity index (χ0) is 15.2. The number of carbonyl (C=O) groups is 2. The maximum absolute atomic E-state index is 12.3.